The molecular weight excluding hydrogens is 318 g/mol. The first-order valence-corrected chi connectivity index (χ1v) is 9.11. The summed E-state index contributed by atoms with van der Waals surface area (Å²) in [6, 6.07) is 5.78. The van der Waals surface area contributed by atoms with Crippen LogP contribution in [0.2, 0.25) is 5.02 Å². The van der Waals surface area contributed by atoms with Crippen LogP contribution < -0.4 is 0 Å². The largest absolute Gasteiger partial charge is 0.342 e. The van der Waals surface area contributed by atoms with Crippen LogP contribution in [0.1, 0.15) is 26.2 Å². The van der Waals surface area contributed by atoms with E-state index in [-0.39, 0.29) is 5.91 Å². The zero-order valence-electron chi connectivity index (χ0n) is 12.7. The van der Waals surface area contributed by atoms with Gasteiger partial charge in [0.25, 0.3) is 0 Å². The van der Waals surface area contributed by atoms with E-state index < -0.39 is 0 Å². The van der Waals surface area contributed by atoms with Crippen LogP contribution in [0, 0.1) is 0 Å². The minimum Gasteiger partial charge on any atom is -0.342 e. The Hall–Kier alpha value is -1.20. The normalized spacial score (nSPS) is 14.9. The maximum absolute atomic E-state index is 12.2. The molecule has 6 heteroatoms. The number of carbonyl (C=O) groups excluding carboxylic acids is 1. The zero-order chi connectivity index (χ0) is 15.5. The molecule has 1 amide bonds. The Labute approximate surface area is 139 Å². The topological polar surface area (TPSA) is 38.1 Å². The Morgan fingerprint density at radius 1 is 1.36 bits per heavy atom. The number of thioether (sulfide) groups is 1. The highest BCUT2D eigenvalue weighted by Crippen LogP contribution is 2.27. The van der Waals surface area contributed by atoms with Crippen molar-refractivity contribution < 1.29 is 4.79 Å². The molecule has 0 radical (unpaired) electrons. The van der Waals surface area contributed by atoms with Crippen LogP contribution in [-0.2, 0) is 11.3 Å². The van der Waals surface area contributed by atoms with Gasteiger partial charge in [-0.25, -0.2) is 4.98 Å². The number of rotatable bonds is 5. The quantitative estimate of drug-likeness (QED) is 0.778. The number of amides is 1. The molecule has 1 aromatic heterocycles. The van der Waals surface area contributed by atoms with Gasteiger partial charge in [-0.05, 0) is 37.5 Å². The lowest BCUT2D eigenvalue weighted by molar-refractivity contribution is -0.127. The number of fused-ring (bicyclic) bond motifs is 1. The van der Waals surface area contributed by atoms with Crippen LogP contribution in [0.25, 0.3) is 11.0 Å². The lowest BCUT2D eigenvalue weighted by Crippen LogP contribution is -2.29. The smallest absolute Gasteiger partial charge is 0.233 e. The van der Waals surface area contributed by atoms with Crippen molar-refractivity contribution >= 4 is 40.3 Å². The van der Waals surface area contributed by atoms with Gasteiger partial charge in [-0.3, -0.25) is 4.79 Å². The molecule has 22 heavy (non-hydrogen) atoms. The molecule has 0 spiro atoms. The lowest BCUT2D eigenvalue weighted by Gasteiger charge is -2.14. The first kappa shape index (κ1) is 15.7. The minimum absolute atomic E-state index is 0.218. The third-order valence-corrected chi connectivity index (χ3v) is 5.10. The Balaban J connectivity index is 1.79. The van der Waals surface area contributed by atoms with Gasteiger partial charge < -0.3 is 9.47 Å². The lowest BCUT2D eigenvalue weighted by atomic mass is 10.3. The minimum atomic E-state index is 0.218. The molecule has 4 nitrogen and oxygen atoms in total. The van der Waals surface area contributed by atoms with Crippen LogP contribution in [0.4, 0.5) is 0 Å². The van der Waals surface area contributed by atoms with E-state index in [2.05, 4.69) is 16.5 Å². The summed E-state index contributed by atoms with van der Waals surface area (Å²) in [6.07, 6.45) is 3.29. The molecule has 1 aromatic carbocycles. The van der Waals surface area contributed by atoms with E-state index in [1.54, 1.807) is 0 Å². The summed E-state index contributed by atoms with van der Waals surface area (Å²) in [5.41, 5.74) is 1.99. The summed E-state index contributed by atoms with van der Waals surface area (Å²) in [5, 5.41) is 1.60. The first-order chi connectivity index (χ1) is 10.7. The summed E-state index contributed by atoms with van der Waals surface area (Å²) in [5.74, 6) is 0.677. The number of nitrogens with zero attached hydrogens (tertiary/aromatic N) is 3. The fraction of sp³-hybridized carbons (Fsp3) is 0.500. The van der Waals surface area contributed by atoms with E-state index in [9.17, 15) is 4.79 Å². The van der Waals surface area contributed by atoms with Gasteiger partial charge >= 0.3 is 0 Å². The molecule has 1 saturated heterocycles. The van der Waals surface area contributed by atoms with Crippen molar-refractivity contribution in [1.82, 2.24) is 14.5 Å². The highest BCUT2D eigenvalue weighted by Gasteiger charge is 2.19. The SMILES string of the molecule is CCCn1c(SCC(=O)N2CCCC2)nc2cc(Cl)ccc21. The predicted molar refractivity (Wildman–Crippen MR) is 91.6 cm³/mol. The zero-order valence-corrected chi connectivity index (χ0v) is 14.3. The highest BCUT2D eigenvalue weighted by atomic mass is 35.5. The first-order valence-electron chi connectivity index (χ1n) is 7.75. The monoisotopic (exact) mass is 337 g/mol. The van der Waals surface area contributed by atoms with Gasteiger partial charge in [0, 0.05) is 24.7 Å². The molecular formula is C16H20ClN3OS. The van der Waals surface area contributed by atoms with Gasteiger partial charge in [0.05, 0.1) is 16.8 Å². The second-order valence-corrected chi connectivity index (χ2v) is 6.93. The molecule has 2 aromatic rings. The number of imidazole rings is 1. The molecule has 1 aliphatic rings. The van der Waals surface area contributed by atoms with Gasteiger partial charge in [-0.2, -0.15) is 0 Å². The number of carbonyl (C=O) groups is 1. The van der Waals surface area contributed by atoms with Crippen LogP contribution >= 0.6 is 23.4 Å². The van der Waals surface area contributed by atoms with Crippen LogP contribution in [0.5, 0.6) is 0 Å². The summed E-state index contributed by atoms with van der Waals surface area (Å²) in [6.45, 7) is 4.85. The number of aromatic nitrogens is 2. The van der Waals surface area contributed by atoms with Gasteiger partial charge in [0.15, 0.2) is 5.16 Å². The van der Waals surface area contributed by atoms with Crippen LogP contribution in [-0.4, -0.2) is 39.2 Å². The van der Waals surface area contributed by atoms with Gasteiger partial charge in [-0.1, -0.05) is 30.3 Å². The van der Waals surface area contributed by atoms with Crippen molar-refractivity contribution in [3.8, 4) is 0 Å². The Bertz CT molecular complexity index is 679. The molecule has 0 saturated carbocycles. The van der Waals surface area contributed by atoms with Gasteiger partial charge in [0.1, 0.15) is 0 Å². The van der Waals surface area contributed by atoms with Crippen LogP contribution in [0.3, 0.4) is 0 Å². The molecule has 1 aliphatic heterocycles. The standard InChI is InChI=1S/C16H20ClN3OS/c1-2-7-20-14-6-5-12(17)10-13(14)18-16(20)22-11-15(21)19-8-3-4-9-19/h5-6,10H,2-4,7-9,11H2,1H3. The average Bonchev–Trinajstić information content (AvgIpc) is 3.13. The molecule has 0 unspecified atom stereocenters. The third kappa shape index (κ3) is 3.25. The Morgan fingerprint density at radius 2 is 2.14 bits per heavy atom. The number of halogens is 1. The fourth-order valence-electron chi connectivity index (χ4n) is 2.81. The summed E-state index contributed by atoms with van der Waals surface area (Å²) in [7, 11) is 0. The van der Waals surface area contributed by atoms with E-state index in [4.69, 9.17) is 11.6 Å². The molecule has 0 atom stereocenters. The second kappa shape index (κ2) is 6.92. The number of hydrogen-bond donors (Lipinski definition) is 0. The molecule has 3 rings (SSSR count). The molecule has 2 heterocycles. The maximum Gasteiger partial charge on any atom is 0.233 e. The average molecular weight is 338 g/mol. The second-order valence-electron chi connectivity index (χ2n) is 5.56. The highest BCUT2D eigenvalue weighted by molar-refractivity contribution is 7.99. The van der Waals surface area contributed by atoms with Crippen molar-refractivity contribution in [2.75, 3.05) is 18.8 Å². The Kier molecular flexibility index (Phi) is 4.93. The van der Waals surface area contributed by atoms with Crippen molar-refractivity contribution in [2.45, 2.75) is 37.9 Å². The molecule has 0 bridgehead atoms. The van der Waals surface area contributed by atoms with Crippen molar-refractivity contribution in [2.24, 2.45) is 0 Å². The van der Waals surface area contributed by atoms with Crippen molar-refractivity contribution in [3.63, 3.8) is 0 Å². The number of benzene rings is 1. The predicted octanol–water partition coefficient (Wildman–Crippen LogP) is 3.81. The number of aryl methyl sites for hydroxylation is 1. The number of hydrogen-bond acceptors (Lipinski definition) is 3. The third-order valence-electron chi connectivity index (χ3n) is 3.91. The molecule has 1 fully saturated rings. The number of likely N-dealkylation sites (tertiary alicyclic amines) is 1. The van der Waals surface area contributed by atoms with E-state index in [0.29, 0.717) is 10.8 Å². The van der Waals surface area contributed by atoms with E-state index in [0.717, 1.165) is 55.1 Å². The van der Waals surface area contributed by atoms with Crippen molar-refractivity contribution in [3.05, 3.63) is 23.2 Å². The van der Waals surface area contributed by atoms with Crippen LogP contribution in [0.15, 0.2) is 23.4 Å². The fourth-order valence-corrected chi connectivity index (χ4v) is 3.92. The Morgan fingerprint density at radius 3 is 2.86 bits per heavy atom. The van der Waals surface area contributed by atoms with Crippen molar-refractivity contribution in [1.29, 1.82) is 0 Å². The summed E-state index contributed by atoms with van der Waals surface area (Å²) in [4.78, 5) is 18.8. The molecule has 0 N–H and O–H groups in total. The van der Waals surface area contributed by atoms with Gasteiger partial charge in [0.2, 0.25) is 5.91 Å². The summed E-state index contributed by atoms with van der Waals surface area (Å²) >= 11 is 7.59. The van der Waals surface area contributed by atoms with E-state index >= 15 is 0 Å². The maximum atomic E-state index is 12.2. The van der Waals surface area contributed by atoms with E-state index in [1.807, 2.05) is 23.1 Å². The van der Waals surface area contributed by atoms with E-state index in [1.165, 1.54) is 11.8 Å². The molecule has 0 aliphatic carbocycles. The molecule has 118 valence electrons. The summed E-state index contributed by atoms with van der Waals surface area (Å²) < 4.78 is 2.19. The van der Waals surface area contributed by atoms with Gasteiger partial charge in [-0.15, -0.1) is 0 Å².